The Morgan fingerprint density at radius 2 is 2.25 bits per heavy atom. The van der Waals surface area contributed by atoms with Crippen LogP contribution in [0.25, 0.3) is 0 Å². The maximum atomic E-state index is 8.61. The zero-order valence-electron chi connectivity index (χ0n) is 10.2. The van der Waals surface area contributed by atoms with E-state index in [4.69, 9.17) is 5.11 Å². The standard InChI is InChI=1S/C13H19NOS/c1-4-14(11(2)3)9-13-8-12(10-16-13)6-5-7-15/h8,10-11,15H,4,7,9H2,1-3H3. The summed E-state index contributed by atoms with van der Waals surface area (Å²) >= 11 is 1.74. The fraction of sp³-hybridized carbons (Fsp3) is 0.538. The van der Waals surface area contributed by atoms with Gasteiger partial charge in [0, 0.05) is 28.4 Å². The van der Waals surface area contributed by atoms with Crippen molar-refractivity contribution in [2.75, 3.05) is 13.2 Å². The van der Waals surface area contributed by atoms with E-state index in [1.165, 1.54) is 4.88 Å². The van der Waals surface area contributed by atoms with E-state index in [0.717, 1.165) is 18.7 Å². The highest BCUT2D eigenvalue weighted by molar-refractivity contribution is 7.10. The Hall–Kier alpha value is -0.820. The van der Waals surface area contributed by atoms with Crippen LogP contribution < -0.4 is 0 Å². The smallest absolute Gasteiger partial charge is 0.104 e. The molecule has 0 aromatic carbocycles. The third kappa shape index (κ3) is 3.97. The van der Waals surface area contributed by atoms with Crippen LogP contribution in [-0.4, -0.2) is 29.2 Å². The Morgan fingerprint density at radius 1 is 1.50 bits per heavy atom. The van der Waals surface area contributed by atoms with Crippen LogP contribution in [0.1, 0.15) is 31.2 Å². The molecule has 0 aliphatic carbocycles. The molecule has 16 heavy (non-hydrogen) atoms. The molecule has 1 heterocycles. The van der Waals surface area contributed by atoms with Crippen LogP contribution in [-0.2, 0) is 6.54 Å². The van der Waals surface area contributed by atoms with E-state index in [0.29, 0.717) is 6.04 Å². The lowest BCUT2D eigenvalue weighted by Crippen LogP contribution is -2.29. The molecule has 1 aromatic rings. The van der Waals surface area contributed by atoms with Gasteiger partial charge in [-0.05, 0) is 26.5 Å². The fourth-order valence-corrected chi connectivity index (χ4v) is 2.37. The topological polar surface area (TPSA) is 23.5 Å². The normalized spacial score (nSPS) is 10.6. The summed E-state index contributed by atoms with van der Waals surface area (Å²) < 4.78 is 0. The van der Waals surface area contributed by atoms with Crippen LogP contribution in [0.5, 0.6) is 0 Å². The number of aliphatic hydroxyl groups is 1. The van der Waals surface area contributed by atoms with E-state index in [2.05, 4.69) is 43.6 Å². The number of aliphatic hydroxyl groups excluding tert-OH is 1. The summed E-state index contributed by atoms with van der Waals surface area (Å²) in [6.45, 7) is 8.58. The summed E-state index contributed by atoms with van der Waals surface area (Å²) in [4.78, 5) is 3.74. The van der Waals surface area contributed by atoms with Crippen LogP contribution in [0.15, 0.2) is 11.4 Å². The van der Waals surface area contributed by atoms with Crippen LogP contribution in [0.2, 0.25) is 0 Å². The van der Waals surface area contributed by atoms with Gasteiger partial charge >= 0.3 is 0 Å². The predicted molar refractivity (Wildman–Crippen MR) is 69.5 cm³/mol. The molecule has 0 radical (unpaired) electrons. The molecule has 0 unspecified atom stereocenters. The first-order chi connectivity index (χ1) is 7.67. The van der Waals surface area contributed by atoms with Gasteiger partial charge in [0.05, 0.1) is 0 Å². The molecule has 0 aliphatic heterocycles. The van der Waals surface area contributed by atoms with Gasteiger partial charge in [0.2, 0.25) is 0 Å². The maximum absolute atomic E-state index is 8.61. The van der Waals surface area contributed by atoms with Gasteiger partial charge in [0.1, 0.15) is 6.61 Å². The molecule has 0 bridgehead atoms. The second kappa shape index (κ2) is 6.70. The molecule has 1 N–H and O–H groups in total. The average molecular weight is 237 g/mol. The number of thiophene rings is 1. The lowest BCUT2D eigenvalue weighted by atomic mass is 10.2. The van der Waals surface area contributed by atoms with E-state index in [1.54, 1.807) is 11.3 Å². The minimum Gasteiger partial charge on any atom is -0.384 e. The Kier molecular flexibility index (Phi) is 5.54. The second-order valence-corrected chi connectivity index (χ2v) is 4.91. The molecule has 0 saturated carbocycles. The fourth-order valence-electron chi connectivity index (χ4n) is 1.53. The second-order valence-electron chi connectivity index (χ2n) is 3.92. The molecule has 2 nitrogen and oxygen atoms in total. The first-order valence-corrected chi connectivity index (χ1v) is 6.46. The molecule has 0 aliphatic rings. The number of hydrogen-bond donors (Lipinski definition) is 1. The molecule has 1 aromatic heterocycles. The van der Waals surface area contributed by atoms with Crippen LogP contribution in [0, 0.1) is 11.8 Å². The predicted octanol–water partition coefficient (Wildman–Crippen LogP) is 2.32. The van der Waals surface area contributed by atoms with Gasteiger partial charge in [-0.3, -0.25) is 4.90 Å². The molecule has 88 valence electrons. The van der Waals surface area contributed by atoms with Gasteiger partial charge in [0.15, 0.2) is 0 Å². The summed E-state index contributed by atoms with van der Waals surface area (Å²) in [7, 11) is 0. The first kappa shape index (κ1) is 13.2. The van der Waals surface area contributed by atoms with E-state index >= 15 is 0 Å². The number of rotatable bonds is 4. The van der Waals surface area contributed by atoms with Crippen LogP contribution in [0.3, 0.4) is 0 Å². The Morgan fingerprint density at radius 3 is 2.81 bits per heavy atom. The van der Waals surface area contributed by atoms with E-state index < -0.39 is 0 Å². The van der Waals surface area contributed by atoms with Crippen molar-refractivity contribution < 1.29 is 5.11 Å². The Bertz CT molecular complexity index is 373. The van der Waals surface area contributed by atoms with Crippen molar-refractivity contribution >= 4 is 11.3 Å². The Labute approximate surface area is 102 Å². The monoisotopic (exact) mass is 237 g/mol. The molecule has 0 amide bonds. The maximum Gasteiger partial charge on any atom is 0.104 e. The third-order valence-electron chi connectivity index (χ3n) is 2.46. The van der Waals surface area contributed by atoms with Crippen LogP contribution in [0.4, 0.5) is 0 Å². The molecule has 0 spiro atoms. The molecule has 1 rings (SSSR count). The van der Waals surface area contributed by atoms with Crippen molar-refractivity contribution in [2.24, 2.45) is 0 Å². The van der Waals surface area contributed by atoms with Gasteiger partial charge in [-0.2, -0.15) is 0 Å². The van der Waals surface area contributed by atoms with E-state index in [-0.39, 0.29) is 6.61 Å². The van der Waals surface area contributed by atoms with E-state index in [1.807, 2.05) is 5.38 Å². The van der Waals surface area contributed by atoms with Gasteiger partial charge in [-0.1, -0.05) is 18.8 Å². The highest BCUT2D eigenvalue weighted by Gasteiger charge is 2.08. The van der Waals surface area contributed by atoms with Crippen molar-refractivity contribution in [1.82, 2.24) is 4.90 Å². The lowest BCUT2D eigenvalue weighted by Gasteiger charge is -2.23. The Balaban J connectivity index is 2.64. The average Bonchev–Trinajstić information content (AvgIpc) is 2.70. The molecule has 0 saturated heterocycles. The summed E-state index contributed by atoms with van der Waals surface area (Å²) in [5.74, 6) is 5.59. The first-order valence-electron chi connectivity index (χ1n) is 5.58. The van der Waals surface area contributed by atoms with Crippen molar-refractivity contribution in [3.63, 3.8) is 0 Å². The molecular weight excluding hydrogens is 218 g/mol. The zero-order valence-corrected chi connectivity index (χ0v) is 11.0. The molecular formula is C13H19NOS. The number of nitrogens with zero attached hydrogens (tertiary/aromatic N) is 1. The molecule has 3 heteroatoms. The summed E-state index contributed by atoms with van der Waals surface area (Å²) in [5.41, 5.74) is 1.01. The van der Waals surface area contributed by atoms with Gasteiger partial charge in [-0.25, -0.2) is 0 Å². The molecule has 0 atom stereocenters. The number of hydrogen-bond acceptors (Lipinski definition) is 3. The lowest BCUT2D eigenvalue weighted by molar-refractivity contribution is 0.227. The molecule has 0 fully saturated rings. The summed E-state index contributed by atoms with van der Waals surface area (Å²) in [6.07, 6.45) is 0. The van der Waals surface area contributed by atoms with Gasteiger partial charge < -0.3 is 5.11 Å². The quantitative estimate of drug-likeness (QED) is 0.812. The SMILES string of the molecule is CCN(Cc1cc(C#CCO)cs1)C(C)C. The minimum atomic E-state index is -0.0712. The largest absolute Gasteiger partial charge is 0.384 e. The van der Waals surface area contributed by atoms with Crippen LogP contribution >= 0.6 is 11.3 Å². The van der Waals surface area contributed by atoms with E-state index in [9.17, 15) is 0 Å². The van der Waals surface area contributed by atoms with Crippen molar-refractivity contribution in [2.45, 2.75) is 33.4 Å². The highest BCUT2D eigenvalue weighted by Crippen LogP contribution is 2.17. The zero-order chi connectivity index (χ0) is 12.0. The minimum absolute atomic E-state index is 0.0712. The van der Waals surface area contributed by atoms with Crippen molar-refractivity contribution in [1.29, 1.82) is 0 Å². The van der Waals surface area contributed by atoms with Crippen molar-refractivity contribution in [3.8, 4) is 11.8 Å². The highest BCUT2D eigenvalue weighted by atomic mass is 32.1. The van der Waals surface area contributed by atoms with Crippen molar-refractivity contribution in [3.05, 3.63) is 21.9 Å². The summed E-state index contributed by atoms with van der Waals surface area (Å²) in [6, 6.07) is 2.68. The third-order valence-corrected chi connectivity index (χ3v) is 3.38. The summed E-state index contributed by atoms with van der Waals surface area (Å²) in [5, 5.41) is 10.7. The van der Waals surface area contributed by atoms with Gasteiger partial charge in [0.25, 0.3) is 0 Å². The van der Waals surface area contributed by atoms with Gasteiger partial charge in [-0.15, -0.1) is 11.3 Å².